The van der Waals surface area contributed by atoms with Gasteiger partial charge in [-0.2, -0.15) is 0 Å². The van der Waals surface area contributed by atoms with Gasteiger partial charge in [0.05, 0.1) is 17.4 Å². The van der Waals surface area contributed by atoms with Crippen LogP contribution in [0, 0.1) is 0 Å². The summed E-state index contributed by atoms with van der Waals surface area (Å²) >= 11 is 3.31. The number of fused-ring (bicyclic) bond motifs is 1. The Bertz CT molecular complexity index is 833. The maximum Gasteiger partial charge on any atom is 0.255 e. The van der Waals surface area contributed by atoms with E-state index < -0.39 is 0 Å². The first-order chi connectivity index (χ1) is 10.1. The van der Waals surface area contributed by atoms with E-state index in [0.29, 0.717) is 16.9 Å². The largest absolute Gasteiger partial charge is 0.398 e. The van der Waals surface area contributed by atoms with Crippen molar-refractivity contribution in [2.45, 2.75) is 0 Å². The van der Waals surface area contributed by atoms with Crippen molar-refractivity contribution in [3.05, 3.63) is 64.8 Å². The Balaban J connectivity index is 1.87. The predicted octanol–water partition coefficient (Wildman–Crippen LogP) is 3.83. The predicted molar refractivity (Wildman–Crippen MR) is 88.3 cm³/mol. The van der Waals surface area contributed by atoms with E-state index in [1.54, 1.807) is 24.4 Å². The highest BCUT2D eigenvalue weighted by Crippen LogP contribution is 2.21. The molecule has 3 rings (SSSR count). The van der Waals surface area contributed by atoms with E-state index in [9.17, 15) is 4.79 Å². The Kier molecular flexibility index (Phi) is 3.58. The van der Waals surface area contributed by atoms with Crippen molar-refractivity contribution >= 4 is 44.1 Å². The molecule has 0 saturated carbocycles. The highest BCUT2D eigenvalue weighted by atomic mass is 79.9. The molecule has 3 aromatic rings. The normalized spacial score (nSPS) is 10.5. The van der Waals surface area contributed by atoms with Gasteiger partial charge in [0.25, 0.3) is 5.91 Å². The number of carbonyl (C=O) groups excluding carboxylic acids is 1. The first kappa shape index (κ1) is 13.6. The smallest absolute Gasteiger partial charge is 0.255 e. The standard InChI is InChI=1S/C16H12BrN3O/c17-13-6-5-11(8-14(13)18)16(21)20-12-7-10-3-1-2-4-15(10)19-9-12/h1-9H,18H2,(H,20,21). The fourth-order valence-electron chi connectivity index (χ4n) is 2.03. The number of benzene rings is 2. The third kappa shape index (κ3) is 2.87. The van der Waals surface area contributed by atoms with E-state index in [2.05, 4.69) is 26.2 Å². The second-order valence-electron chi connectivity index (χ2n) is 4.61. The molecule has 0 saturated heterocycles. The van der Waals surface area contributed by atoms with Crippen molar-refractivity contribution in [1.29, 1.82) is 0 Å². The lowest BCUT2D eigenvalue weighted by atomic mass is 10.1. The van der Waals surface area contributed by atoms with Gasteiger partial charge in [-0.3, -0.25) is 9.78 Å². The van der Waals surface area contributed by atoms with Crippen LogP contribution in [0.25, 0.3) is 10.9 Å². The lowest BCUT2D eigenvalue weighted by Crippen LogP contribution is -2.12. The molecule has 1 amide bonds. The van der Waals surface area contributed by atoms with Crippen molar-refractivity contribution in [3.63, 3.8) is 0 Å². The molecule has 2 aromatic carbocycles. The van der Waals surface area contributed by atoms with Crippen molar-refractivity contribution in [2.24, 2.45) is 0 Å². The zero-order valence-corrected chi connectivity index (χ0v) is 12.6. The summed E-state index contributed by atoms with van der Waals surface area (Å²) < 4.78 is 0.770. The molecule has 4 nitrogen and oxygen atoms in total. The Hall–Kier alpha value is -2.40. The van der Waals surface area contributed by atoms with E-state index in [1.165, 1.54) is 0 Å². The summed E-state index contributed by atoms with van der Waals surface area (Å²) in [6.07, 6.45) is 1.64. The number of aromatic nitrogens is 1. The Labute approximate surface area is 130 Å². The van der Waals surface area contributed by atoms with Crippen LogP contribution in [0.1, 0.15) is 10.4 Å². The van der Waals surface area contributed by atoms with Crippen molar-refractivity contribution in [3.8, 4) is 0 Å². The van der Waals surface area contributed by atoms with E-state index in [-0.39, 0.29) is 5.91 Å². The Morgan fingerprint density at radius 3 is 2.76 bits per heavy atom. The lowest BCUT2D eigenvalue weighted by molar-refractivity contribution is 0.102. The van der Waals surface area contributed by atoms with Crippen LogP contribution < -0.4 is 11.1 Å². The topological polar surface area (TPSA) is 68.0 Å². The lowest BCUT2D eigenvalue weighted by Gasteiger charge is -2.07. The van der Waals surface area contributed by atoms with Crippen LogP contribution in [0.5, 0.6) is 0 Å². The number of amides is 1. The van der Waals surface area contributed by atoms with Crippen molar-refractivity contribution < 1.29 is 4.79 Å². The number of para-hydroxylation sites is 1. The number of hydrogen-bond donors (Lipinski definition) is 2. The van der Waals surface area contributed by atoms with E-state index in [0.717, 1.165) is 15.4 Å². The highest BCUT2D eigenvalue weighted by Gasteiger charge is 2.08. The van der Waals surface area contributed by atoms with Crippen LogP contribution in [0.3, 0.4) is 0 Å². The van der Waals surface area contributed by atoms with Gasteiger partial charge in [-0.1, -0.05) is 18.2 Å². The molecule has 0 bridgehead atoms. The van der Waals surface area contributed by atoms with E-state index >= 15 is 0 Å². The Morgan fingerprint density at radius 2 is 1.95 bits per heavy atom. The highest BCUT2D eigenvalue weighted by molar-refractivity contribution is 9.10. The summed E-state index contributed by atoms with van der Waals surface area (Å²) in [5.74, 6) is -0.216. The molecule has 21 heavy (non-hydrogen) atoms. The second kappa shape index (κ2) is 5.54. The number of nitrogens with zero attached hydrogens (tertiary/aromatic N) is 1. The van der Waals surface area contributed by atoms with Gasteiger partial charge < -0.3 is 11.1 Å². The summed E-state index contributed by atoms with van der Waals surface area (Å²) in [6.45, 7) is 0. The number of rotatable bonds is 2. The molecule has 1 heterocycles. The number of hydrogen-bond acceptors (Lipinski definition) is 3. The van der Waals surface area contributed by atoms with Gasteiger partial charge >= 0.3 is 0 Å². The van der Waals surface area contributed by atoms with Gasteiger partial charge in [0.2, 0.25) is 0 Å². The fraction of sp³-hybridized carbons (Fsp3) is 0. The summed E-state index contributed by atoms with van der Waals surface area (Å²) in [4.78, 5) is 16.5. The monoisotopic (exact) mass is 341 g/mol. The molecule has 1 aromatic heterocycles. The first-order valence-corrected chi connectivity index (χ1v) is 7.14. The maximum absolute atomic E-state index is 12.2. The van der Waals surface area contributed by atoms with Crippen LogP contribution in [0.15, 0.2) is 59.2 Å². The Morgan fingerprint density at radius 1 is 1.14 bits per heavy atom. The molecule has 0 aliphatic carbocycles. The molecule has 3 N–H and O–H groups in total. The molecule has 0 aliphatic heterocycles. The number of nitrogen functional groups attached to an aromatic ring is 1. The molecular formula is C16H12BrN3O. The molecular weight excluding hydrogens is 330 g/mol. The third-order valence-electron chi connectivity index (χ3n) is 3.11. The zero-order chi connectivity index (χ0) is 14.8. The van der Waals surface area contributed by atoms with Crippen LogP contribution >= 0.6 is 15.9 Å². The van der Waals surface area contributed by atoms with Gasteiger partial charge in [0.1, 0.15) is 0 Å². The van der Waals surface area contributed by atoms with Crippen LogP contribution in [-0.4, -0.2) is 10.9 Å². The SMILES string of the molecule is Nc1cc(C(=O)Nc2cnc3ccccc3c2)ccc1Br. The molecule has 0 atom stereocenters. The summed E-state index contributed by atoms with van der Waals surface area (Å²) in [5.41, 5.74) is 8.36. The average Bonchev–Trinajstić information content (AvgIpc) is 2.50. The summed E-state index contributed by atoms with van der Waals surface area (Å²) in [6, 6.07) is 14.7. The fourth-order valence-corrected chi connectivity index (χ4v) is 2.27. The molecule has 0 fully saturated rings. The van der Waals surface area contributed by atoms with Crippen LogP contribution in [0.2, 0.25) is 0 Å². The molecule has 0 aliphatic rings. The summed E-state index contributed by atoms with van der Waals surface area (Å²) in [7, 11) is 0. The zero-order valence-electron chi connectivity index (χ0n) is 11.0. The van der Waals surface area contributed by atoms with E-state index in [1.807, 2.05) is 30.3 Å². The van der Waals surface area contributed by atoms with Gasteiger partial charge in [-0.25, -0.2) is 0 Å². The maximum atomic E-state index is 12.2. The number of halogens is 1. The average molecular weight is 342 g/mol. The second-order valence-corrected chi connectivity index (χ2v) is 5.46. The van der Waals surface area contributed by atoms with Crippen LogP contribution in [0.4, 0.5) is 11.4 Å². The quantitative estimate of drug-likeness (QED) is 0.696. The minimum Gasteiger partial charge on any atom is -0.398 e. The molecule has 5 heteroatoms. The molecule has 0 unspecified atom stereocenters. The molecule has 104 valence electrons. The number of carbonyl (C=O) groups is 1. The van der Waals surface area contributed by atoms with Gasteiger partial charge in [-0.05, 0) is 46.3 Å². The minimum atomic E-state index is -0.216. The number of anilines is 2. The van der Waals surface area contributed by atoms with Crippen molar-refractivity contribution in [1.82, 2.24) is 4.98 Å². The first-order valence-electron chi connectivity index (χ1n) is 6.34. The van der Waals surface area contributed by atoms with Gasteiger partial charge in [0.15, 0.2) is 0 Å². The van der Waals surface area contributed by atoms with Gasteiger partial charge in [-0.15, -0.1) is 0 Å². The number of nitrogens with two attached hydrogens (primary N) is 1. The molecule has 0 radical (unpaired) electrons. The van der Waals surface area contributed by atoms with Crippen LogP contribution in [-0.2, 0) is 0 Å². The number of pyridine rings is 1. The minimum absolute atomic E-state index is 0.216. The third-order valence-corrected chi connectivity index (χ3v) is 3.83. The molecule has 0 spiro atoms. The van der Waals surface area contributed by atoms with E-state index in [4.69, 9.17) is 5.73 Å². The summed E-state index contributed by atoms with van der Waals surface area (Å²) in [5, 5.41) is 3.80. The van der Waals surface area contributed by atoms with Crippen molar-refractivity contribution in [2.75, 3.05) is 11.1 Å². The van der Waals surface area contributed by atoms with Gasteiger partial charge in [0, 0.05) is 21.1 Å². The number of nitrogens with one attached hydrogen (secondary N) is 1.